The molecule has 0 aliphatic carbocycles. The molecule has 0 spiro atoms. The fraction of sp³-hybridized carbons (Fsp3) is 0.200. The van der Waals surface area contributed by atoms with Crippen LogP contribution in [0, 0.1) is 0 Å². The van der Waals surface area contributed by atoms with Crippen LogP contribution in [0.2, 0.25) is 0 Å². The van der Waals surface area contributed by atoms with Crippen molar-refractivity contribution in [1.29, 1.82) is 0 Å². The van der Waals surface area contributed by atoms with Crippen molar-refractivity contribution in [3.05, 3.63) is 35.9 Å². The highest BCUT2D eigenvalue weighted by atomic mass is 32.2. The van der Waals surface area contributed by atoms with E-state index in [1.165, 1.54) is 18.2 Å². The lowest BCUT2D eigenvalue weighted by molar-refractivity contribution is -0.0579. The highest BCUT2D eigenvalue weighted by molar-refractivity contribution is 8.07. The summed E-state index contributed by atoms with van der Waals surface area (Å²) in [6.07, 6.45) is 0. The van der Waals surface area contributed by atoms with Crippen LogP contribution in [0.4, 0.5) is 34.0 Å². The summed E-state index contributed by atoms with van der Waals surface area (Å²) >= 11 is 0. The van der Waals surface area contributed by atoms with Crippen LogP contribution in [0.1, 0.15) is 10.4 Å². The van der Waals surface area contributed by atoms with Gasteiger partial charge in [-0.3, -0.25) is 14.8 Å². The summed E-state index contributed by atoms with van der Waals surface area (Å²) in [5.74, 6) is -3.88. The maximum absolute atomic E-state index is 12.4. The number of sulfonamides is 1. The number of carbonyl (C=O) groups is 2. The smallest absolute Gasteiger partial charge is 0.388 e. The molecule has 0 atom stereocenters. The third kappa shape index (κ3) is 6.66. The van der Waals surface area contributed by atoms with E-state index >= 15 is 0 Å². The third-order valence-electron chi connectivity index (χ3n) is 3.13. The molecule has 0 bridgehead atoms. The van der Waals surface area contributed by atoms with Crippen LogP contribution in [0.15, 0.2) is 30.3 Å². The van der Waals surface area contributed by atoms with Gasteiger partial charge in [0.25, 0.3) is 0 Å². The first kappa shape index (κ1) is 23.6. The predicted octanol–water partition coefficient (Wildman–Crippen LogP) is 2.44. The number of nitrogens with one attached hydrogen (secondary N) is 2. The Labute approximate surface area is 171 Å². The molecule has 1 heterocycles. The van der Waals surface area contributed by atoms with Crippen LogP contribution in [0.5, 0.6) is 11.8 Å². The lowest BCUT2D eigenvalue weighted by Crippen LogP contribution is -2.29. The van der Waals surface area contributed by atoms with E-state index in [1.807, 2.05) is 4.72 Å². The second-order valence-corrected chi connectivity index (χ2v) is 6.76. The van der Waals surface area contributed by atoms with Gasteiger partial charge < -0.3 is 14.2 Å². The van der Waals surface area contributed by atoms with Crippen LogP contribution >= 0.6 is 0 Å². The van der Waals surface area contributed by atoms with E-state index in [-0.39, 0.29) is 11.3 Å². The van der Waals surface area contributed by atoms with E-state index in [4.69, 9.17) is 0 Å². The number of ether oxygens (including phenoxy) is 3. The predicted molar refractivity (Wildman–Crippen MR) is 94.6 cm³/mol. The van der Waals surface area contributed by atoms with Gasteiger partial charge in [0.05, 0.1) is 24.4 Å². The number of hydrogen-bond donors (Lipinski definition) is 2. The Balaban J connectivity index is 2.28. The summed E-state index contributed by atoms with van der Waals surface area (Å²) in [5, 5.41) is -0.201. The molecular weight excluding hydrogens is 456 g/mol. The van der Waals surface area contributed by atoms with Crippen molar-refractivity contribution in [2.24, 2.45) is 0 Å². The number of carbonyl (C=O) groups excluding carboxylic acids is 2. The zero-order valence-electron chi connectivity index (χ0n) is 15.2. The zero-order valence-corrected chi connectivity index (χ0v) is 16.0. The highest BCUT2D eigenvalue weighted by Gasteiger charge is 2.26. The quantitative estimate of drug-likeness (QED) is 0.441. The van der Waals surface area contributed by atoms with Gasteiger partial charge in [-0.1, -0.05) is 12.1 Å². The number of anilines is 2. The monoisotopic (exact) mass is 468 g/mol. The molecule has 0 aliphatic heterocycles. The maximum Gasteiger partial charge on any atom is 0.388 e. The van der Waals surface area contributed by atoms with Gasteiger partial charge in [-0.15, -0.1) is 0 Å². The number of methoxy groups -OCH3 is 1. The minimum atomic E-state index is -4.91. The molecule has 0 fully saturated rings. The highest BCUT2D eigenvalue weighted by Crippen LogP contribution is 2.22. The fourth-order valence-electron chi connectivity index (χ4n) is 1.97. The Morgan fingerprint density at radius 2 is 1.55 bits per heavy atom. The summed E-state index contributed by atoms with van der Waals surface area (Å²) in [5.41, 5.74) is -0.542. The van der Waals surface area contributed by atoms with Crippen LogP contribution in [-0.2, 0) is 14.8 Å². The number of benzene rings is 1. The summed E-state index contributed by atoms with van der Waals surface area (Å²) in [6.45, 7) is -6.84. The first-order valence-corrected chi connectivity index (χ1v) is 9.30. The van der Waals surface area contributed by atoms with Gasteiger partial charge >= 0.3 is 34.5 Å². The van der Waals surface area contributed by atoms with E-state index in [2.05, 4.69) is 24.2 Å². The third-order valence-corrected chi connectivity index (χ3v) is 4.21. The van der Waals surface area contributed by atoms with Crippen molar-refractivity contribution >= 4 is 32.9 Å². The number of halogens is 4. The van der Waals surface area contributed by atoms with Gasteiger partial charge in [-0.2, -0.15) is 35.9 Å². The molecule has 168 valence electrons. The van der Waals surface area contributed by atoms with Crippen molar-refractivity contribution < 1.29 is 49.8 Å². The SMILES string of the molecule is COC(=O)c1ccccc1NS(=O)(=O)C(=O)Nc1nc(OC(F)F)cc(OC(F)F)n1. The van der Waals surface area contributed by atoms with E-state index < -0.39 is 52.2 Å². The molecule has 0 saturated carbocycles. The van der Waals surface area contributed by atoms with Crippen LogP contribution in [0.3, 0.4) is 0 Å². The minimum absolute atomic E-state index is 0.224. The summed E-state index contributed by atoms with van der Waals surface area (Å²) in [7, 11) is -3.87. The largest absolute Gasteiger partial charge is 0.465 e. The van der Waals surface area contributed by atoms with Gasteiger partial charge in [0.15, 0.2) is 0 Å². The van der Waals surface area contributed by atoms with Gasteiger partial charge in [0, 0.05) is 0 Å². The second-order valence-electron chi connectivity index (χ2n) is 5.18. The average Bonchev–Trinajstić information content (AvgIpc) is 2.66. The van der Waals surface area contributed by atoms with Gasteiger partial charge in [0.2, 0.25) is 17.7 Å². The molecule has 0 saturated heterocycles. The van der Waals surface area contributed by atoms with E-state index in [9.17, 15) is 35.6 Å². The Bertz CT molecular complexity index is 1040. The first-order chi connectivity index (χ1) is 14.5. The van der Waals surface area contributed by atoms with Gasteiger partial charge in [-0.25, -0.2) is 4.79 Å². The molecule has 31 heavy (non-hydrogen) atoms. The van der Waals surface area contributed by atoms with Crippen LogP contribution < -0.4 is 19.5 Å². The number of rotatable bonds is 8. The molecule has 1 aromatic heterocycles. The second kappa shape index (κ2) is 9.88. The van der Waals surface area contributed by atoms with Crippen LogP contribution in [-0.4, -0.2) is 49.9 Å². The molecule has 1 aromatic carbocycles. The van der Waals surface area contributed by atoms with Gasteiger partial charge in [0.1, 0.15) is 0 Å². The summed E-state index contributed by atoms with van der Waals surface area (Å²) < 4.78 is 88.1. The molecule has 1 amide bonds. The molecule has 11 nitrogen and oxygen atoms in total. The first-order valence-electron chi connectivity index (χ1n) is 7.81. The lowest BCUT2D eigenvalue weighted by Gasteiger charge is -2.12. The van der Waals surface area contributed by atoms with E-state index in [1.54, 1.807) is 5.32 Å². The van der Waals surface area contributed by atoms with Crippen molar-refractivity contribution in [2.75, 3.05) is 17.1 Å². The Morgan fingerprint density at radius 3 is 2.06 bits per heavy atom. The molecule has 2 rings (SSSR count). The maximum atomic E-state index is 12.4. The minimum Gasteiger partial charge on any atom is -0.465 e. The Kier molecular flexibility index (Phi) is 7.51. The van der Waals surface area contributed by atoms with Gasteiger partial charge in [-0.05, 0) is 12.1 Å². The molecular formula is C15H12F4N4O7S. The van der Waals surface area contributed by atoms with E-state index in [0.717, 1.165) is 13.2 Å². The molecule has 2 N–H and O–H groups in total. The summed E-state index contributed by atoms with van der Waals surface area (Å²) in [4.78, 5) is 30.4. The molecule has 2 aromatic rings. The number of amides is 1. The molecule has 0 radical (unpaired) electrons. The fourth-order valence-corrected chi connectivity index (χ4v) is 2.76. The Hall–Kier alpha value is -3.69. The summed E-state index contributed by atoms with van der Waals surface area (Å²) in [6, 6.07) is 5.58. The normalized spacial score (nSPS) is 11.2. The zero-order chi connectivity index (χ0) is 23.2. The molecule has 0 unspecified atom stereocenters. The number of aromatic nitrogens is 2. The number of alkyl halides is 4. The number of nitrogens with zero attached hydrogens (tertiary/aromatic N) is 2. The Morgan fingerprint density at radius 1 is 1.00 bits per heavy atom. The van der Waals surface area contributed by atoms with Crippen LogP contribution in [0.25, 0.3) is 0 Å². The van der Waals surface area contributed by atoms with E-state index in [0.29, 0.717) is 6.07 Å². The van der Waals surface area contributed by atoms with Crippen molar-refractivity contribution in [1.82, 2.24) is 9.97 Å². The van der Waals surface area contributed by atoms with Crippen molar-refractivity contribution in [3.63, 3.8) is 0 Å². The number of esters is 1. The lowest BCUT2D eigenvalue weighted by atomic mass is 10.2. The molecule has 16 heteroatoms. The average molecular weight is 468 g/mol. The topological polar surface area (TPSA) is 146 Å². The van der Waals surface area contributed by atoms with Crippen molar-refractivity contribution in [2.45, 2.75) is 13.2 Å². The molecule has 0 aliphatic rings. The number of hydrogen-bond acceptors (Lipinski definition) is 9. The van der Waals surface area contributed by atoms with Crippen molar-refractivity contribution in [3.8, 4) is 11.8 Å². The number of para-hydroxylation sites is 1. The standard InChI is InChI=1S/C15H12F4N4O7S/c1-28-11(24)7-4-2-3-5-8(7)23-31(26,27)15(25)22-14-20-9(29-12(16)17)6-10(21-14)30-13(18)19/h2-6,12-13,23H,1H3,(H,20,21,22,25).